The molecule has 5 nitrogen and oxygen atoms in total. The molecule has 0 aliphatic carbocycles. The molecule has 0 spiro atoms. The summed E-state index contributed by atoms with van der Waals surface area (Å²) >= 11 is 6.02. The molecule has 0 unspecified atom stereocenters. The highest BCUT2D eigenvalue weighted by Gasteiger charge is 2.29. The lowest BCUT2D eigenvalue weighted by molar-refractivity contribution is -0.143. The maximum Gasteiger partial charge on any atom is 0.261 e. The van der Waals surface area contributed by atoms with E-state index >= 15 is 0 Å². The molecule has 0 aliphatic heterocycles. The Kier molecular flexibility index (Phi) is 10.0. The van der Waals surface area contributed by atoms with Crippen LogP contribution in [0, 0.1) is 0 Å². The molecule has 0 heterocycles. The third-order valence-electron chi connectivity index (χ3n) is 5.55. The van der Waals surface area contributed by atoms with Gasteiger partial charge in [-0.1, -0.05) is 69.6 Å². The highest BCUT2D eigenvalue weighted by atomic mass is 35.5. The minimum Gasteiger partial charge on any atom is -0.483 e. The molecule has 2 amide bonds. The summed E-state index contributed by atoms with van der Waals surface area (Å²) in [4.78, 5) is 27.9. The van der Waals surface area contributed by atoms with Gasteiger partial charge >= 0.3 is 0 Å². The zero-order valence-corrected chi connectivity index (χ0v) is 20.5. The highest BCUT2D eigenvalue weighted by molar-refractivity contribution is 6.30. The number of benzene rings is 2. The first-order valence-electron chi connectivity index (χ1n) is 11.3. The third-order valence-corrected chi connectivity index (χ3v) is 5.80. The molecular formula is C26H35ClN2O3. The number of rotatable bonds is 11. The zero-order valence-electron chi connectivity index (χ0n) is 19.7. The molecule has 2 aromatic rings. The molecule has 0 fully saturated rings. The van der Waals surface area contributed by atoms with E-state index in [1.54, 1.807) is 17.0 Å². The van der Waals surface area contributed by atoms with E-state index in [0.717, 1.165) is 17.5 Å². The second-order valence-electron chi connectivity index (χ2n) is 8.37. The van der Waals surface area contributed by atoms with E-state index in [4.69, 9.17) is 16.3 Å². The van der Waals surface area contributed by atoms with Gasteiger partial charge in [-0.3, -0.25) is 9.59 Å². The topological polar surface area (TPSA) is 58.6 Å². The Balaban J connectivity index is 2.24. The molecule has 0 aromatic heterocycles. The summed E-state index contributed by atoms with van der Waals surface area (Å²) in [5.74, 6) is 0.590. The number of carbonyl (C=O) groups is 2. The molecule has 6 heteroatoms. The van der Waals surface area contributed by atoms with Gasteiger partial charge in [0.2, 0.25) is 5.91 Å². The van der Waals surface area contributed by atoms with Crippen LogP contribution in [0.3, 0.4) is 0 Å². The molecule has 2 rings (SSSR count). The van der Waals surface area contributed by atoms with Crippen LogP contribution in [0.5, 0.6) is 5.75 Å². The average molecular weight is 459 g/mol. The molecule has 0 radical (unpaired) electrons. The quantitative estimate of drug-likeness (QED) is 0.479. The predicted molar refractivity (Wildman–Crippen MR) is 130 cm³/mol. The van der Waals surface area contributed by atoms with Crippen LogP contribution in [-0.2, 0) is 16.1 Å². The molecule has 0 saturated heterocycles. The molecule has 2 aromatic carbocycles. The Labute approximate surface area is 197 Å². The fourth-order valence-corrected chi connectivity index (χ4v) is 3.58. The van der Waals surface area contributed by atoms with Crippen LogP contribution in [0.1, 0.15) is 64.5 Å². The molecule has 0 bridgehead atoms. The van der Waals surface area contributed by atoms with Crippen molar-refractivity contribution in [2.75, 3.05) is 6.61 Å². The minimum atomic E-state index is -0.587. The van der Waals surface area contributed by atoms with E-state index in [0.29, 0.717) is 23.7 Å². The van der Waals surface area contributed by atoms with E-state index in [9.17, 15) is 9.59 Å². The van der Waals surface area contributed by atoms with Crippen LogP contribution in [0.25, 0.3) is 0 Å². The van der Waals surface area contributed by atoms with Gasteiger partial charge in [-0.15, -0.1) is 0 Å². The number of para-hydroxylation sites is 1. The van der Waals surface area contributed by atoms with E-state index < -0.39 is 6.04 Å². The largest absolute Gasteiger partial charge is 0.483 e. The van der Waals surface area contributed by atoms with E-state index in [-0.39, 0.29) is 30.4 Å². The number of hydrogen-bond acceptors (Lipinski definition) is 3. The predicted octanol–water partition coefficient (Wildman–Crippen LogP) is 5.56. The number of nitrogens with zero attached hydrogens (tertiary/aromatic N) is 1. The number of amides is 2. The summed E-state index contributed by atoms with van der Waals surface area (Å²) in [7, 11) is 0. The maximum absolute atomic E-state index is 13.3. The van der Waals surface area contributed by atoms with Crippen molar-refractivity contribution in [3.8, 4) is 5.75 Å². The summed E-state index contributed by atoms with van der Waals surface area (Å²) < 4.78 is 5.93. The summed E-state index contributed by atoms with van der Waals surface area (Å²) in [5, 5.41) is 3.64. The van der Waals surface area contributed by atoms with Crippen molar-refractivity contribution in [1.82, 2.24) is 10.2 Å². The van der Waals surface area contributed by atoms with Gasteiger partial charge in [-0.25, -0.2) is 0 Å². The third kappa shape index (κ3) is 7.27. The van der Waals surface area contributed by atoms with E-state index in [1.807, 2.05) is 57.2 Å². The van der Waals surface area contributed by atoms with Crippen LogP contribution in [-0.4, -0.2) is 35.4 Å². The summed E-state index contributed by atoms with van der Waals surface area (Å²) in [6, 6.07) is 14.5. The number of halogens is 1. The minimum absolute atomic E-state index is 0.0400. The SMILES string of the molecule is CC[C@H](C(=O)N[C@@H](C)CC)N(Cc1ccc(Cl)cc1)C(=O)COc1ccccc1C(C)C. The maximum atomic E-state index is 13.3. The van der Waals surface area contributed by atoms with Crippen LogP contribution in [0.15, 0.2) is 48.5 Å². The average Bonchev–Trinajstić information content (AvgIpc) is 2.78. The van der Waals surface area contributed by atoms with Gasteiger partial charge < -0.3 is 15.0 Å². The molecule has 174 valence electrons. The Morgan fingerprint density at radius 2 is 1.66 bits per heavy atom. The van der Waals surface area contributed by atoms with Gasteiger partial charge in [-0.2, -0.15) is 0 Å². The molecule has 0 saturated carbocycles. The van der Waals surface area contributed by atoms with Crippen molar-refractivity contribution >= 4 is 23.4 Å². The highest BCUT2D eigenvalue weighted by Crippen LogP contribution is 2.26. The lowest BCUT2D eigenvalue weighted by atomic mass is 10.0. The molecule has 0 aliphatic rings. The fraction of sp³-hybridized carbons (Fsp3) is 0.462. The summed E-state index contributed by atoms with van der Waals surface area (Å²) in [5.41, 5.74) is 1.95. The van der Waals surface area contributed by atoms with Crippen molar-refractivity contribution in [3.05, 3.63) is 64.7 Å². The fourth-order valence-electron chi connectivity index (χ4n) is 3.46. The molecular weight excluding hydrogens is 424 g/mol. The van der Waals surface area contributed by atoms with Crippen molar-refractivity contribution in [2.45, 2.75) is 72.0 Å². The van der Waals surface area contributed by atoms with Gasteiger partial charge in [0.05, 0.1) is 0 Å². The van der Waals surface area contributed by atoms with Gasteiger partial charge in [0.15, 0.2) is 6.61 Å². The first-order chi connectivity index (χ1) is 15.3. The van der Waals surface area contributed by atoms with Crippen molar-refractivity contribution in [1.29, 1.82) is 0 Å². The Morgan fingerprint density at radius 3 is 2.25 bits per heavy atom. The van der Waals surface area contributed by atoms with Gasteiger partial charge in [0, 0.05) is 17.6 Å². The lowest BCUT2D eigenvalue weighted by Gasteiger charge is -2.31. The van der Waals surface area contributed by atoms with Crippen LogP contribution in [0.4, 0.5) is 0 Å². The van der Waals surface area contributed by atoms with Crippen LogP contribution >= 0.6 is 11.6 Å². The smallest absolute Gasteiger partial charge is 0.261 e. The number of nitrogens with one attached hydrogen (secondary N) is 1. The number of carbonyl (C=O) groups excluding carboxylic acids is 2. The molecule has 1 N–H and O–H groups in total. The zero-order chi connectivity index (χ0) is 23.7. The van der Waals surface area contributed by atoms with E-state index in [1.165, 1.54) is 0 Å². The first kappa shape index (κ1) is 25.7. The Bertz CT molecular complexity index is 883. The van der Waals surface area contributed by atoms with Crippen LogP contribution < -0.4 is 10.1 Å². The number of ether oxygens (including phenoxy) is 1. The molecule has 2 atom stereocenters. The van der Waals surface area contributed by atoms with Crippen molar-refractivity contribution < 1.29 is 14.3 Å². The summed E-state index contributed by atoms with van der Waals surface area (Å²) in [6.07, 6.45) is 1.33. The second kappa shape index (κ2) is 12.5. The van der Waals surface area contributed by atoms with Crippen LogP contribution in [0.2, 0.25) is 5.02 Å². The second-order valence-corrected chi connectivity index (χ2v) is 8.81. The monoisotopic (exact) mass is 458 g/mol. The number of hydrogen-bond donors (Lipinski definition) is 1. The van der Waals surface area contributed by atoms with Crippen molar-refractivity contribution in [2.24, 2.45) is 0 Å². The lowest BCUT2D eigenvalue weighted by Crippen LogP contribution is -2.51. The normalized spacial score (nSPS) is 12.8. The van der Waals surface area contributed by atoms with Gasteiger partial charge in [0.25, 0.3) is 5.91 Å². The van der Waals surface area contributed by atoms with Gasteiger partial charge in [0.1, 0.15) is 11.8 Å². The van der Waals surface area contributed by atoms with Gasteiger partial charge in [-0.05, 0) is 55.0 Å². The Morgan fingerprint density at radius 1 is 1.00 bits per heavy atom. The molecule has 32 heavy (non-hydrogen) atoms. The van der Waals surface area contributed by atoms with Crippen molar-refractivity contribution in [3.63, 3.8) is 0 Å². The standard InChI is InChI=1S/C26H35ClN2O3/c1-6-19(5)28-26(31)23(7-2)29(16-20-12-14-21(27)15-13-20)25(30)17-32-24-11-9-8-10-22(24)18(3)4/h8-15,18-19,23H,6-7,16-17H2,1-5H3,(H,28,31)/t19-,23+/m0/s1. The first-order valence-corrected chi connectivity index (χ1v) is 11.7. The van der Waals surface area contributed by atoms with E-state index in [2.05, 4.69) is 19.2 Å². The Hall–Kier alpha value is -2.53. The summed E-state index contributed by atoms with van der Waals surface area (Å²) in [6.45, 7) is 10.2.